The fourth-order valence-corrected chi connectivity index (χ4v) is 7.42. The minimum absolute atomic E-state index is 0.0498. The average Bonchev–Trinajstić information content (AvgIpc) is 2.82. The van der Waals surface area contributed by atoms with Gasteiger partial charge in [-0.05, 0) is 0 Å². The van der Waals surface area contributed by atoms with Gasteiger partial charge in [0.25, 0.3) is 0 Å². The number of allylic oxidation sites excluding steroid dienone is 1. The van der Waals surface area contributed by atoms with Crippen LogP contribution in [0.5, 0.6) is 0 Å². The number of fused-ring (bicyclic) bond motifs is 2. The van der Waals surface area contributed by atoms with Gasteiger partial charge in [0.15, 0.2) is 0 Å². The van der Waals surface area contributed by atoms with Gasteiger partial charge in [0, 0.05) is 0 Å². The molecule has 2 aliphatic rings. The van der Waals surface area contributed by atoms with E-state index in [1.807, 2.05) is 0 Å². The fraction of sp³-hybridized carbons (Fsp3) is 0.579. The fourth-order valence-electron chi connectivity index (χ4n) is 4.44. The summed E-state index contributed by atoms with van der Waals surface area (Å²) < 4.78 is 0. The van der Waals surface area contributed by atoms with E-state index >= 15 is 0 Å². The minimum atomic E-state index is -0.0498. The Morgan fingerprint density at radius 3 is 2.67 bits per heavy atom. The Labute approximate surface area is 135 Å². The molecule has 1 N–H and O–H groups in total. The first-order valence-electron chi connectivity index (χ1n) is 8.04. The summed E-state index contributed by atoms with van der Waals surface area (Å²) in [6, 6.07) is 10.5. The van der Waals surface area contributed by atoms with Crippen molar-refractivity contribution >= 4 is 21.0 Å². The van der Waals surface area contributed by atoms with Gasteiger partial charge in [0.05, 0.1) is 0 Å². The van der Waals surface area contributed by atoms with Gasteiger partial charge in [-0.3, -0.25) is 0 Å². The van der Waals surface area contributed by atoms with E-state index in [0.29, 0.717) is 20.4 Å². The van der Waals surface area contributed by atoms with Crippen molar-refractivity contribution in [1.29, 1.82) is 0 Å². The first-order chi connectivity index (χ1) is 10.1. The molecule has 1 aromatic rings. The number of hydrogen-bond acceptors (Lipinski definition) is 1. The van der Waals surface area contributed by atoms with Crippen LogP contribution in [-0.2, 0) is 0 Å². The maximum absolute atomic E-state index is 10.5. The molecule has 21 heavy (non-hydrogen) atoms. The Morgan fingerprint density at radius 1 is 1.29 bits per heavy atom. The standard InChI is InChI=1S/C19H26OSe/c1-18(2)16-10-11-19(18,17(20)13-16)14-21-12-6-9-15-7-4-3-5-8-15/h3-9,16-17,20H,10-14H2,1-2H3/b9-6-/t16-,17-,19-/m1/s1. The van der Waals surface area contributed by atoms with E-state index < -0.39 is 0 Å². The Hall–Kier alpha value is -0.561. The molecular formula is C19H26OSe. The maximum atomic E-state index is 10.5. The molecule has 0 unspecified atom stereocenters. The van der Waals surface area contributed by atoms with Crippen molar-refractivity contribution in [3.05, 3.63) is 42.0 Å². The first kappa shape index (κ1) is 15.3. The van der Waals surface area contributed by atoms with Gasteiger partial charge in [-0.2, -0.15) is 0 Å². The molecule has 114 valence electrons. The molecule has 0 heterocycles. The van der Waals surface area contributed by atoms with Gasteiger partial charge in [-0.25, -0.2) is 0 Å². The SMILES string of the molecule is CC1(C)[C@@H]2CC[C@@]1(C[Se]C/C=C\c1ccccc1)[C@H](O)C2. The molecule has 2 aliphatic carbocycles. The molecule has 1 nitrogen and oxygen atoms in total. The van der Waals surface area contributed by atoms with Crippen LogP contribution in [-0.4, -0.2) is 26.2 Å². The van der Waals surface area contributed by atoms with Gasteiger partial charge in [0.2, 0.25) is 0 Å². The molecule has 0 aromatic heterocycles. The van der Waals surface area contributed by atoms with Crippen molar-refractivity contribution in [2.45, 2.75) is 49.9 Å². The monoisotopic (exact) mass is 350 g/mol. The third-order valence-corrected chi connectivity index (χ3v) is 8.48. The summed E-state index contributed by atoms with van der Waals surface area (Å²) in [7, 11) is 0. The van der Waals surface area contributed by atoms with Crippen LogP contribution in [0.3, 0.4) is 0 Å². The van der Waals surface area contributed by atoms with Gasteiger partial charge >= 0.3 is 135 Å². The Kier molecular flexibility index (Phi) is 4.32. The number of benzene rings is 1. The van der Waals surface area contributed by atoms with Gasteiger partial charge in [0.1, 0.15) is 0 Å². The molecule has 0 saturated heterocycles. The molecule has 2 fully saturated rings. The zero-order valence-electron chi connectivity index (χ0n) is 13.1. The quantitative estimate of drug-likeness (QED) is 0.616. The molecule has 0 aliphatic heterocycles. The van der Waals surface area contributed by atoms with Crippen LogP contribution in [0, 0.1) is 16.7 Å². The predicted molar refractivity (Wildman–Crippen MR) is 90.4 cm³/mol. The summed E-state index contributed by atoms with van der Waals surface area (Å²) in [6.45, 7) is 4.80. The number of hydrogen-bond donors (Lipinski definition) is 1. The van der Waals surface area contributed by atoms with E-state index in [0.717, 1.165) is 12.3 Å². The molecule has 2 heteroatoms. The summed E-state index contributed by atoms with van der Waals surface area (Å²) in [5, 5.41) is 12.9. The van der Waals surface area contributed by atoms with Crippen LogP contribution in [0.2, 0.25) is 10.6 Å². The Balaban J connectivity index is 1.55. The van der Waals surface area contributed by atoms with E-state index in [-0.39, 0.29) is 11.5 Å². The normalized spacial score (nSPS) is 33.9. The van der Waals surface area contributed by atoms with E-state index in [1.165, 1.54) is 29.0 Å². The van der Waals surface area contributed by atoms with Crippen molar-refractivity contribution in [2.75, 3.05) is 0 Å². The third-order valence-electron chi connectivity index (χ3n) is 6.07. The Bertz CT molecular complexity index is 508. The van der Waals surface area contributed by atoms with Crippen LogP contribution in [0.15, 0.2) is 36.4 Å². The summed E-state index contributed by atoms with van der Waals surface area (Å²) in [6.07, 6.45) is 8.12. The summed E-state index contributed by atoms with van der Waals surface area (Å²) >= 11 is 0.600. The van der Waals surface area contributed by atoms with E-state index in [4.69, 9.17) is 0 Å². The predicted octanol–water partition coefficient (Wildman–Crippen LogP) is 4.43. The van der Waals surface area contributed by atoms with Crippen molar-refractivity contribution in [1.82, 2.24) is 0 Å². The average molecular weight is 349 g/mol. The zero-order valence-corrected chi connectivity index (χ0v) is 14.8. The molecule has 3 atom stereocenters. The van der Waals surface area contributed by atoms with Gasteiger partial charge in [-0.15, -0.1) is 0 Å². The van der Waals surface area contributed by atoms with Gasteiger partial charge < -0.3 is 0 Å². The zero-order chi connectivity index (χ0) is 14.9. The van der Waals surface area contributed by atoms with Crippen LogP contribution in [0.4, 0.5) is 0 Å². The van der Waals surface area contributed by atoms with E-state index in [2.05, 4.69) is 56.3 Å². The van der Waals surface area contributed by atoms with E-state index in [9.17, 15) is 5.11 Å². The molecule has 2 saturated carbocycles. The third kappa shape index (κ3) is 2.63. The molecule has 0 radical (unpaired) electrons. The van der Waals surface area contributed by atoms with Crippen molar-refractivity contribution in [2.24, 2.45) is 16.7 Å². The molecule has 2 bridgehead atoms. The summed E-state index contributed by atoms with van der Waals surface area (Å²) in [5.41, 5.74) is 1.85. The van der Waals surface area contributed by atoms with E-state index in [1.54, 1.807) is 0 Å². The molecule has 0 amide bonds. The molecule has 1 aromatic carbocycles. The van der Waals surface area contributed by atoms with Gasteiger partial charge in [-0.1, -0.05) is 0 Å². The molecule has 3 rings (SSSR count). The second-order valence-electron chi connectivity index (χ2n) is 7.19. The molecule has 0 spiro atoms. The van der Waals surface area contributed by atoms with Crippen molar-refractivity contribution in [3.63, 3.8) is 0 Å². The second-order valence-corrected chi connectivity index (χ2v) is 9.35. The number of aliphatic hydroxyl groups is 1. The second kappa shape index (κ2) is 5.91. The van der Waals surface area contributed by atoms with Crippen molar-refractivity contribution in [3.8, 4) is 0 Å². The summed E-state index contributed by atoms with van der Waals surface area (Å²) in [5.74, 6) is 0.753. The molecular weight excluding hydrogens is 323 g/mol. The number of rotatable bonds is 5. The van der Waals surface area contributed by atoms with Crippen LogP contribution in [0.25, 0.3) is 6.08 Å². The first-order valence-corrected chi connectivity index (χ1v) is 10.5. The topological polar surface area (TPSA) is 20.2 Å². The van der Waals surface area contributed by atoms with Crippen LogP contribution in [0.1, 0.15) is 38.7 Å². The van der Waals surface area contributed by atoms with Crippen molar-refractivity contribution < 1.29 is 5.11 Å². The number of aliphatic hydroxyl groups excluding tert-OH is 1. The summed E-state index contributed by atoms with van der Waals surface area (Å²) in [4.78, 5) is 0. The van der Waals surface area contributed by atoms with Crippen LogP contribution >= 0.6 is 0 Å². The van der Waals surface area contributed by atoms with Crippen LogP contribution < -0.4 is 0 Å². The Morgan fingerprint density at radius 2 is 2.05 bits per heavy atom.